The second kappa shape index (κ2) is 8.91. The summed E-state index contributed by atoms with van der Waals surface area (Å²) in [6.07, 6.45) is 2.43. The number of thiazole rings is 1. The topological polar surface area (TPSA) is 126 Å². The number of imidazole rings is 1. The van der Waals surface area contributed by atoms with Gasteiger partial charge in [0, 0.05) is 12.2 Å². The second-order valence-corrected chi connectivity index (χ2v) is 8.75. The average Bonchev–Trinajstić information content (AvgIpc) is 3.57. The summed E-state index contributed by atoms with van der Waals surface area (Å²) in [5.74, 6) is -0.0594. The van der Waals surface area contributed by atoms with Gasteiger partial charge in [-0.05, 0) is 36.6 Å². The van der Waals surface area contributed by atoms with Crippen molar-refractivity contribution in [3.63, 3.8) is 0 Å². The van der Waals surface area contributed by atoms with Gasteiger partial charge in [-0.1, -0.05) is 41.7 Å². The van der Waals surface area contributed by atoms with E-state index in [-0.39, 0.29) is 18.2 Å². The van der Waals surface area contributed by atoms with Crippen LogP contribution in [0.2, 0.25) is 0 Å². The summed E-state index contributed by atoms with van der Waals surface area (Å²) < 4.78 is 5.44. The largest absolute Gasteiger partial charge is 0.445 e. The first-order chi connectivity index (χ1) is 16.1. The highest BCUT2D eigenvalue weighted by Crippen LogP contribution is 2.32. The Morgan fingerprint density at radius 3 is 2.94 bits per heavy atom. The van der Waals surface area contributed by atoms with E-state index in [1.807, 2.05) is 48.5 Å². The van der Waals surface area contributed by atoms with Crippen LogP contribution in [0.3, 0.4) is 0 Å². The number of ketones is 1. The number of aromatic amines is 1. The predicted molar refractivity (Wildman–Crippen MR) is 127 cm³/mol. The van der Waals surface area contributed by atoms with E-state index in [0.29, 0.717) is 23.0 Å². The monoisotopic (exact) mass is 462 g/mol. The standard InChI is InChI=1S/C23H22N6O3S/c24-21-20(33-22(28-21)27-15-8-9-16-17(11-15)26-13-25-16)19(30)18-7-4-10-29(18)23(31)32-12-14-5-2-1-3-6-14/h1-3,5-6,8-9,11,13,18H,4,7,10,12,24H2,(H,25,26)(H,27,28). The maximum absolute atomic E-state index is 13.3. The van der Waals surface area contributed by atoms with Crippen molar-refractivity contribution in [2.45, 2.75) is 25.5 Å². The molecule has 1 saturated heterocycles. The maximum atomic E-state index is 13.3. The summed E-state index contributed by atoms with van der Waals surface area (Å²) in [5, 5.41) is 3.69. The molecule has 9 nitrogen and oxygen atoms in total. The van der Waals surface area contributed by atoms with Crippen molar-refractivity contribution in [1.29, 1.82) is 0 Å². The molecule has 1 atom stereocenters. The number of hydrogen-bond donors (Lipinski definition) is 3. The number of nitrogens with zero attached hydrogens (tertiary/aromatic N) is 3. The number of nitrogens with one attached hydrogen (secondary N) is 2. The van der Waals surface area contributed by atoms with Gasteiger partial charge >= 0.3 is 6.09 Å². The van der Waals surface area contributed by atoms with Crippen molar-refractivity contribution in [3.05, 3.63) is 65.3 Å². The second-order valence-electron chi connectivity index (χ2n) is 7.75. The number of aromatic nitrogens is 3. The van der Waals surface area contributed by atoms with E-state index in [4.69, 9.17) is 10.5 Å². The summed E-state index contributed by atoms with van der Waals surface area (Å²) in [7, 11) is 0. The molecule has 1 aliphatic heterocycles. The van der Waals surface area contributed by atoms with Gasteiger partial charge < -0.3 is 20.8 Å². The van der Waals surface area contributed by atoms with E-state index >= 15 is 0 Å². The summed E-state index contributed by atoms with van der Waals surface area (Å²) in [6.45, 7) is 0.632. The number of nitrogens with two attached hydrogens (primary N) is 1. The average molecular weight is 463 g/mol. The summed E-state index contributed by atoms with van der Waals surface area (Å²) in [5.41, 5.74) is 9.51. The fraction of sp³-hybridized carbons (Fsp3) is 0.217. The van der Waals surface area contributed by atoms with E-state index in [1.54, 1.807) is 6.33 Å². The lowest BCUT2D eigenvalue weighted by Gasteiger charge is -2.22. The molecule has 0 aliphatic carbocycles. The lowest BCUT2D eigenvalue weighted by atomic mass is 10.1. The molecule has 0 spiro atoms. The number of Topliss-reactive ketones (excluding diaryl/α,β-unsaturated/α-hetero) is 1. The van der Waals surface area contributed by atoms with Crippen LogP contribution < -0.4 is 11.1 Å². The number of fused-ring (bicyclic) bond motifs is 1. The molecule has 4 aromatic rings. The fourth-order valence-corrected chi connectivity index (χ4v) is 4.80. The van der Waals surface area contributed by atoms with E-state index in [9.17, 15) is 9.59 Å². The van der Waals surface area contributed by atoms with Crippen LogP contribution in [0.25, 0.3) is 11.0 Å². The number of benzene rings is 2. The van der Waals surface area contributed by atoms with Gasteiger partial charge in [0.25, 0.3) is 0 Å². The van der Waals surface area contributed by atoms with Crippen molar-refractivity contribution in [2.75, 3.05) is 17.6 Å². The van der Waals surface area contributed by atoms with Crippen LogP contribution in [-0.2, 0) is 11.3 Å². The van der Waals surface area contributed by atoms with Crippen molar-refractivity contribution in [3.8, 4) is 0 Å². The third kappa shape index (κ3) is 4.37. The molecule has 10 heteroatoms. The smallest absolute Gasteiger partial charge is 0.410 e. The van der Waals surface area contributed by atoms with E-state index in [0.717, 1.165) is 28.7 Å². The number of carbonyl (C=O) groups is 2. The molecule has 0 bridgehead atoms. The zero-order valence-corrected chi connectivity index (χ0v) is 18.5. The van der Waals surface area contributed by atoms with Crippen LogP contribution >= 0.6 is 11.3 Å². The predicted octanol–water partition coefficient (Wildman–Crippen LogP) is 4.33. The number of hydrogen-bond acceptors (Lipinski definition) is 8. The number of anilines is 3. The van der Waals surface area contributed by atoms with Crippen LogP contribution in [0.4, 0.5) is 21.4 Å². The molecule has 3 heterocycles. The third-order valence-corrected chi connectivity index (χ3v) is 6.54. The summed E-state index contributed by atoms with van der Waals surface area (Å²) >= 11 is 1.18. The fourth-order valence-electron chi connectivity index (χ4n) is 3.91. The van der Waals surface area contributed by atoms with Gasteiger partial charge in [0.15, 0.2) is 10.9 Å². The first-order valence-corrected chi connectivity index (χ1v) is 11.4. The molecule has 2 aromatic heterocycles. The highest BCUT2D eigenvalue weighted by Gasteiger charge is 2.37. The Balaban J connectivity index is 1.28. The van der Waals surface area contributed by atoms with Crippen LogP contribution in [0.15, 0.2) is 54.9 Å². The maximum Gasteiger partial charge on any atom is 0.410 e. The number of likely N-dealkylation sites (tertiary alicyclic amines) is 1. The highest BCUT2D eigenvalue weighted by atomic mass is 32.1. The zero-order chi connectivity index (χ0) is 22.8. The Bertz CT molecular complexity index is 1300. The van der Waals surface area contributed by atoms with Crippen molar-refractivity contribution in [2.24, 2.45) is 0 Å². The SMILES string of the molecule is Nc1nc(Nc2ccc3nc[nH]c3c2)sc1C(=O)C1CCCN1C(=O)OCc1ccccc1. The minimum atomic E-state index is -0.606. The van der Waals surface area contributed by atoms with Gasteiger partial charge in [-0.25, -0.2) is 14.8 Å². The number of ether oxygens (including phenoxy) is 1. The highest BCUT2D eigenvalue weighted by molar-refractivity contribution is 7.18. The van der Waals surface area contributed by atoms with Crippen LogP contribution in [0, 0.1) is 0 Å². The number of amides is 1. The number of nitrogen functional groups attached to an aromatic ring is 1. The molecular weight excluding hydrogens is 440 g/mol. The van der Waals surface area contributed by atoms with Crippen molar-refractivity contribution < 1.29 is 14.3 Å². The first-order valence-electron chi connectivity index (χ1n) is 10.6. The number of H-pyrrole nitrogens is 1. The Morgan fingerprint density at radius 2 is 2.09 bits per heavy atom. The van der Waals surface area contributed by atoms with Gasteiger partial charge in [0.05, 0.1) is 23.4 Å². The molecule has 0 radical (unpaired) electrons. The minimum Gasteiger partial charge on any atom is -0.445 e. The van der Waals surface area contributed by atoms with Gasteiger partial charge in [-0.2, -0.15) is 0 Å². The molecule has 0 saturated carbocycles. The van der Waals surface area contributed by atoms with Crippen molar-refractivity contribution in [1.82, 2.24) is 19.9 Å². The van der Waals surface area contributed by atoms with Crippen molar-refractivity contribution >= 4 is 50.9 Å². The molecule has 1 unspecified atom stereocenters. The lowest BCUT2D eigenvalue weighted by Crippen LogP contribution is -2.40. The van der Waals surface area contributed by atoms with Gasteiger partial charge in [0.1, 0.15) is 17.3 Å². The van der Waals surface area contributed by atoms with Crippen LogP contribution in [-0.4, -0.2) is 44.3 Å². The lowest BCUT2D eigenvalue weighted by molar-refractivity contribution is 0.0741. The molecular formula is C23H22N6O3S. The molecule has 1 aliphatic rings. The van der Waals surface area contributed by atoms with Gasteiger partial charge in [-0.3, -0.25) is 9.69 Å². The van der Waals surface area contributed by atoms with Crippen LogP contribution in [0.5, 0.6) is 0 Å². The van der Waals surface area contributed by atoms with E-state index < -0.39 is 12.1 Å². The van der Waals surface area contributed by atoms with E-state index in [1.165, 1.54) is 16.2 Å². The Labute approximate surface area is 193 Å². The Kier molecular flexibility index (Phi) is 5.66. The Morgan fingerprint density at radius 1 is 1.24 bits per heavy atom. The molecule has 2 aromatic carbocycles. The number of carbonyl (C=O) groups excluding carboxylic acids is 2. The van der Waals surface area contributed by atoms with Gasteiger partial charge in [0.2, 0.25) is 0 Å². The molecule has 5 rings (SSSR count). The quantitative estimate of drug-likeness (QED) is 0.364. The number of rotatable bonds is 6. The molecule has 33 heavy (non-hydrogen) atoms. The summed E-state index contributed by atoms with van der Waals surface area (Å²) in [6, 6.07) is 14.5. The minimum absolute atomic E-state index is 0.152. The molecule has 4 N–H and O–H groups in total. The molecule has 1 amide bonds. The first kappa shape index (κ1) is 21.0. The van der Waals surface area contributed by atoms with E-state index in [2.05, 4.69) is 20.3 Å². The zero-order valence-electron chi connectivity index (χ0n) is 17.7. The third-order valence-electron chi connectivity index (χ3n) is 5.54. The normalized spacial score (nSPS) is 15.6. The van der Waals surface area contributed by atoms with Gasteiger partial charge in [-0.15, -0.1) is 0 Å². The molecule has 1 fully saturated rings. The molecule has 168 valence electrons. The van der Waals surface area contributed by atoms with Crippen LogP contribution in [0.1, 0.15) is 28.1 Å². The summed E-state index contributed by atoms with van der Waals surface area (Å²) in [4.78, 5) is 39.3. The Hall–Kier alpha value is -3.92.